The molecule has 4 heteroatoms. The summed E-state index contributed by atoms with van der Waals surface area (Å²) in [5.41, 5.74) is 3.02. The van der Waals surface area contributed by atoms with E-state index in [2.05, 4.69) is 17.6 Å². The van der Waals surface area contributed by atoms with Gasteiger partial charge in [0.1, 0.15) is 12.8 Å². The molecule has 2 aromatic rings. The molecule has 0 spiro atoms. The molecule has 0 amide bonds. The molecule has 0 saturated heterocycles. The summed E-state index contributed by atoms with van der Waals surface area (Å²) in [6.07, 6.45) is 4.07. The number of rotatable bonds is 3. The Hall–Kier alpha value is -1.30. The number of nitrogens with zero attached hydrogens (tertiary/aromatic N) is 1. The first-order valence-electron chi connectivity index (χ1n) is 5.63. The van der Waals surface area contributed by atoms with E-state index < -0.39 is 0 Å². The van der Waals surface area contributed by atoms with E-state index in [9.17, 15) is 5.11 Å². The van der Waals surface area contributed by atoms with E-state index in [1.165, 1.54) is 5.56 Å². The number of halogens is 1. The van der Waals surface area contributed by atoms with Gasteiger partial charge in [0.25, 0.3) is 0 Å². The molecule has 0 atom stereocenters. The Bertz CT molecular complexity index is 529. The van der Waals surface area contributed by atoms with Crippen molar-refractivity contribution in [3.63, 3.8) is 0 Å². The van der Waals surface area contributed by atoms with Crippen LogP contribution < -0.4 is 33.9 Å². The molecule has 3 nitrogen and oxygen atoms in total. The molecule has 96 valence electrons. The zero-order valence-corrected chi connectivity index (χ0v) is 12.7. The van der Waals surface area contributed by atoms with Gasteiger partial charge in [0, 0.05) is 29.9 Å². The van der Waals surface area contributed by atoms with Crippen LogP contribution in [0.15, 0.2) is 42.7 Å². The van der Waals surface area contributed by atoms with Crippen molar-refractivity contribution in [3.05, 3.63) is 53.9 Å². The van der Waals surface area contributed by atoms with Gasteiger partial charge in [0.05, 0.1) is 0 Å². The number of phenolic OH excluding ortho intramolecular Hbond substituents is 1. The first-order chi connectivity index (χ1) is 8.15. The predicted octanol–water partition coefficient (Wildman–Crippen LogP) is -0.859. The minimum atomic E-state index is 0. The van der Waals surface area contributed by atoms with E-state index in [1.807, 2.05) is 42.9 Å². The summed E-state index contributed by atoms with van der Waals surface area (Å²) in [6, 6.07) is 9.71. The number of aryl methyl sites for hydroxylation is 2. The maximum atomic E-state index is 9.60. The second-order valence-electron chi connectivity index (χ2n) is 4.23. The molecule has 2 N–H and O–H groups in total. The van der Waals surface area contributed by atoms with E-state index in [0.717, 1.165) is 17.8 Å². The number of phenols is 1. The van der Waals surface area contributed by atoms with Gasteiger partial charge in [-0.2, -0.15) is 0 Å². The van der Waals surface area contributed by atoms with Crippen LogP contribution in [0.3, 0.4) is 0 Å². The molecule has 0 aliphatic rings. The van der Waals surface area contributed by atoms with Crippen LogP contribution in [-0.4, -0.2) is 5.11 Å². The fraction of sp³-hybridized carbons (Fsp3) is 0.214. The van der Waals surface area contributed by atoms with Crippen molar-refractivity contribution in [3.8, 4) is 5.75 Å². The smallest absolute Gasteiger partial charge is 0.173 e. The van der Waals surface area contributed by atoms with Gasteiger partial charge >= 0.3 is 0 Å². The van der Waals surface area contributed by atoms with Crippen LogP contribution in [0.25, 0.3) is 0 Å². The Kier molecular flexibility index (Phi) is 5.40. The van der Waals surface area contributed by atoms with E-state index in [0.29, 0.717) is 5.75 Å². The average molecular weight is 356 g/mol. The van der Waals surface area contributed by atoms with Crippen LogP contribution in [0, 0.1) is 6.92 Å². The summed E-state index contributed by atoms with van der Waals surface area (Å²) in [7, 11) is 2.00. The Balaban J connectivity index is 0.00000162. The SMILES string of the molecule is Cc1ccc(NCc2ccc[n+](C)c2)cc1O.[I-]. The summed E-state index contributed by atoms with van der Waals surface area (Å²) in [5.74, 6) is 0.327. The van der Waals surface area contributed by atoms with Crippen LogP contribution in [-0.2, 0) is 13.6 Å². The van der Waals surface area contributed by atoms with Gasteiger partial charge in [0.15, 0.2) is 12.4 Å². The maximum Gasteiger partial charge on any atom is 0.173 e. The van der Waals surface area contributed by atoms with Gasteiger partial charge in [-0.1, -0.05) is 6.07 Å². The zero-order valence-electron chi connectivity index (χ0n) is 10.5. The minimum Gasteiger partial charge on any atom is -1.00 e. The molecule has 0 aliphatic heterocycles. The lowest BCUT2D eigenvalue weighted by Crippen LogP contribution is -3.00. The van der Waals surface area contributed by atoms with Gasteiger partial charge in [-0.15, -0.1) is 0 Å². The largest absolute Gasteiger partial charge is 1.00 e. The molecule has 1 aromatic heterocycles. The highest BCUT2D eigenvalue weighted by Crippen LogP contribution is 2.21. The van der Waals surface area contributed by atoms with Crippen molar-refractivity contribution >= 4 is 5.69 Å². The minimum absolute atomic E-state index is 0. The third kappa shape index (κ3) is 3.87. The molecule has 18 heavy (non-hydrogen) atoms. The first-order valence-corrected chi connectivity index (χ1v) is 5.63. The van der Waals surface area contributed by atoms with Crippen LogP contribution in [0.4, 0.5) is 5.69 Å². The monoisotopic (exact) mass is 356 g/mol. The molecular formula is C14H17IN2O. The van der Waals surface area contributed by atoms with Crippen molar-refractivity contribution in [1.29, 1.82) is 0 Å². The molecule has 2 rings (SSSR count). The van der Waals surface area contributed by atoms with E-state index in [4.69, 9.17) is 0 Å². The quantitative estimate of drug-likeness (QED) is 0.555. The molecule has 0 aliphatic carbocycles. The van der Waals surface area contributed by atoms with Crippen LogP contribution in [0.2, 0.25) is 0 Å². The van der Waals surface area contributed by atoms with Gasteiger partial charge in [-0.05, 0) is 24.6 Å². The van der Waals surface area contributed by atoms with Crippen LogP contribution in [0.1, 0.15) is 11.1 Å². The van der Waals surface area contributed by atoms with Crippen molar-refractivity contribution in [2.24, 2.45) is 7.05 Å². The van der Waals surface area contributed by atoms with Gasteiger partial charge in [-0.3, -0.25) is 0 Å². The van der Waals surface area contributed by atoms with E-state index >= 15 is 0 Å². The van der Waals surface area contributed by atoms with Crippen LogP contribution in [0.5, 0.6) is 5.75 Å². The Labute approximate surface area is 125 Å². The Morgan fingerprint density at radius 2 is 2.06 bits per heavy atom. The number of benzene rings is 1. The number of aromatic hydroxyl groups is 1. The van der Waals surface area contributed by atoms with Crippen molar-refractivity contribution in [2.75, 3.05) is 5.32 Å². The lowest BCUT2D eigenvalue weighted by atomic mass is 10.2. The summed E-state index contributed by atoms with van der Waals surface area (Å²) in [6.45, 7) is 2.63. The normalized spacial score (nSPS) is 9.67. The number of pyridine rings is 1. The lowest BCUT2D eigenvalue weighted by molar-refractivity contribution is -0.671. The number of aromatic nitrogens is 1. The maximum absolute atomic E-state index is 9.60. The van der Waals surface area contributed by atoms with E-state index in [-0.39, 0.29) is 24.0 Å². The summed E-state index contributed by atoms with van der Waals surface area (Å²) >= 11 is 0. The molecule has 0 unspecified atom stereocenters. The molecule has 1 aromatic carbocycles. The summed E-state index contributed by atoms with van der Waals surface area (Å²) in [4.78, 5) is 0. The van der Waals surface area contributed by atoms with Crippen LogP contribution >= 0.6 is 0 Å². The molecule has 0 bridgehead atoms. The fourth-order valence-corrected chi connectivity index (χ4v) is 1.68. The van der Waals surface area contributed by atoms with E-state index in [1.54, 1.807) is 6.07 Å². The third-order valence-corrected chi connectivity index (χ3v) is 2.71. The second kappa shape index (κ2) is 6.58. The van der Waals surface area contributed by atoms with Gasteiger partial charge < -0.3 is 34.4 Å². The molecule has 0 radical (unpaired) electrons. The number of nitrogens with one attached hydrogen (secondary N) is 1. The average Bonchev–Trinajstić information content (AvgIpc) is 2.31. The summed E-state index contributed by atoms with van der Waals surface area (Å²) in [5, 5.41) is 12.9. The molecule has 0 fully saturated rings. The Morgan fingerprint density at radius 3 is 2.72 bits per heavy atom. The van der Waals surface area contributed by atoms with Crippen molar-refractivity contribution in [1.82, 2.24) is 0 Å². The van der Waals surface area contributed by atoms with Gasteiger partial charge in [-0.25, -0.2) is 4.57 Å². The number of anilines is 1. The lowest BCUT2D eigenvalue weighted by Gasteiger charge is -2.07. The first kappa shape index (κ1) is 14.8. The zero-order chi connectivity index (χ0) is 12.3. The van der Waals surface area contributed by atoms with Crippen molar-refractivity contribution in [2.45, 2.75) is 13.5 Å². The molecular weight excluding hydrogens is 339 g/mol. The third-order valence-electron chi connectivity index (χ3n) is 2.71. The van der Waals surface area contributed by atoms with Gasteiger partial charge in [0.2, 0.25) is 0 Å². The number of hydrogen-bond acceptors (Lipinski definition) is 2. The molecule has 1 heterocycles. The topological polar surface area (TPSA) is 36.1 Å². The highest BCUT2D eigenvalue weighted by atomic mass is 127. The van der Waals surface area contributed by atoms with Crippen molar-refractivity contribution < 1.29 is 33.7 Å². The highest BCUT2D eigenvalue weighted by Gasteiger charge is 2.00. The fourth-order valence-electron chi connectivity index (χ4n) is 1.68. The standard InChI is InChI=1S/C14H16N2O.HI/c1-11-5-6-13(8-14(11)17)15-9-12-4-3-7-16(2)10-12;/h3-8,10,15H,9H2,1-2H3;1H. The molecule has 0 saturated carbocycles. The number of hydrogen-bond donors (Lipinski definition) is 2. The predicted molar refractivity (Wildman–Crippen MR) is 67.8 cm³/mol. The highest BCUT2D eigenvalue weighted by molar-refractivity contribution is 5.51. The second-order valence-corrected chi connectivity index (χ2v) is 4.23. The Morgan fingerprint density at radius 1 is 1.28 bits per heavy atom. The summed E-state index contributed by atoms with van der Waals surface area (Å²) < 4.78 is 2.02.